The second kappa shape index (κ2) is 7.41. The predicted octanol–water partition coefficient (Wildman–Crippen LogP) is 3.63. The highest BCUT2D eigenvalue weighted by molar-refractivity contribution is 6.30. The summed E-state index contributed by atoms with van der Waals surface area (Å²) in [5, 5.41) is 12.2. The Hall–Kier alpha value is -1.39. The molecule has 0 aliphatic heterocycles. The summed E-state index contributed by atoms with van der Waals surface area (Å²) in [6, 6.07) is 5.67. The molecule has 2 aromatic rings. The van der Waals surface area contributed by atoms with Crippen LogP contribution in [0.5, 0.6) is 0 Å². The maximum atomic E-state index is 6.01. The Morgan fingerprint density at radius 1 is 1.25 bits per heavy atom. The molecule has 0 aliphatic rings. The van der Waals surface area contributed by atoms with E-state index in [1.165, 1.54) is 0 Å². The maximum Gasteiger partial charge on any atom is 0.248 e. The molecule has 4 nitrogen and oxygen atoms in total. The average molecular weight is 294 g/mol. The van der Waals surface area contributed by atoms with Crippen molar-refractivity contribution in [2.75, 3.05) is 13.1 Å². The molecule has 1 heterocycles. The van der Waals surface area contributed by atoms with Crippen molar-refractivity contribution < 1.29 is 4.42 Å². The summed E-state index contributed by atoms with van der Waals surface area (Å²) in [5.74, 6) is 1.22. The van der Waals surface area contributed by atoms with Gasteiger partial charge >= 0.3 is 0 Å². The largest absolute Gasteiger partial charge is 0.421 e. The third kappa shape index (κ3) is 4.05. The van der Waals surface area contributed by atoms with Crippen LogP contribution >= 0.6 is 11.6 Å². The van der Waals surface area contributed by atoms with Gasteiger partial charge in [-0.3, -0.25) is 0 Å². The molecular weight excluding hydrogens is 274 g/mol. The molecule has 1 N–H and O–H groups in total. The minimum Gasteiger partial charge on any atom is -0.421 e. The summed E-state index contributed by atoms with van der Waals surface area (Å²) in [7, 11) is 0. The zero-order chi connectivity index (χ0) is 14.4. The van der Waals surface area contributed by atoms with E-state index in [4.69, 9.17) is 16.0 Å². The Bertz CT molecular complexity index is 554. The first-order valence-electron chi connectivity index (χ1n) is 7.00. The molecule has 0 bridgehead atoms. The van der Waals surface area contributed by atoms with E-state index in [2.05, 4.69) is 22.4 Å². The predicted molar refractivity (Wildman–Crippen MR) is 81.0 cm³/mol. The SMILES string of the molecule is CCCNCCCc1nnc(-c2cc(Cl)ccc2C)o1. The standard InChI is InChI=1S/C15H20ClN3O/c1-3-8-17-9-4-5-14-18-19-15(20-14)13-10-12(16)7-6-11(13)2/h6-7,10,17H,3-5,8-9H2,1-2H3. The van der Waals surface area contributed by atoms with Gasteiger partial charge in [0, 0.05) is 17.0 Å². The molecule has 0 amide bonds. The highest BCUT2D eigenvalue weighted by Crippen LogP contribution is 2.25. The zero-order valence-electron chi connectivity index (χ0n) is 11.9. The van der Waals surface area contributed by atoms with Crippen molar-refractivity contribution in [1.29, 1.82) is 0 Å². The van der Waals surface area contributed by atoms with Gasteiger partial charge in [-0.1, -0.05) is 24.6 Å². The van der Waals surface area contributed by atoms with Crippen molar-refractivity contribution in [3.8, 4) is 11.5 Å². The molecule has 1 aromatic carbocycles. The van der Waals surface area contributed by atoms with E-state index in [1.807, 2.05) is 25.1 Å². The number of nitrogens with one attached hydrogen (secondary N) is 1. The number of aryl methyl sites for hydroxylation is 2. The summed E-state index contributed by atoms with van der Waals surface area (Å²) >= 11 is 6.01. The third-order valence-corrected chi connectivity index (χ3v) is 3.30. The minimum absolute atomic E-state index is 0.543. The molecule has 1 aromatic heterocycles. The van der Waals surface area contributed by atoms with E-state index >= 15 is 0 Å². The topological polar surface area (TPSA) is 51.0 Å². The molecule has 0 saturated heterocycles. The van der Waals surface area contributed by atoms with Crippen LogP contribution in [0.2, 0.25) is 5.02 Å². The highest BCUT2D eigenvalue weighted by atomic mass is 35.5. The molecule has 0 radical (unpaired) electrons. The van der Waals surface area contributed by atoms with Gasteiger partial charge in [0.15, 0.2) is 0 Å². The Morgan fingerprint density at radius 2 is 2.10 bits per heavy atom. The van der Waals surface area contributed by atoms with Crippen LogP contribution in [0, 0.1) is 6.92 Å². The third-order valence-electron chi connectivity index (χ3n) is 3.07. The number of nitrogens with zero attached hydrogens (tertiary/aromatic N) is 2. The molecule has 0 aliphatic carbocycles. The monoisotopic (exact) mass is 293 g/mol. The molecule has 0 spiro atoms. The average Bonchev–Trinajstić information content (AvgIpc) is 2.90. The first-order chi connectivity index (χ1) is 9.70. The second-order valence-electron chi connectivity index (χ2n) is 4.81. The fourth-order valence-corrected chi connectivity index (χ4v) is 2.13. The Morgan fingerprint density at radius 3 is 2.90 bits per heavy atom. The van der Waals surface area contributed by atoms with E-state index < -0.39 is 0 Å². The second-order valence-corrected chi connectivity index (χ2v) is 5.25. The Labute approximate surface area is 124 Å². The van der Waals surface area contributed by atoms with E-state index in [9.17, 15) is 0 Å². The molecular formula is C15H20ClN3O. The lowest BCUT2D eigenvalue weighted by molar-refractivity contribution is 0.491. The highest BCUT2D eigenvalue weighted by Gasteiger charge is 2.11. The van der Waals surface area contributed by atoms with Gasteiger partial charge < -0.3 is 9.73 Å². The van der Waals surface area contributed by atoms with E-state index in [0.29, 0.717) is 16.8 Å². The molecule has 5 heteroatoms. The van der Waals surface area contributed by atoms with Crippen molar-refractivity contribution in [1.82, 2.24) is 15.5 Å². The Balaban J connectivity index is 1.96. The van der Waals surface area contributed by atoms with Crippen molar-refractivity contribution in [2.45, 2.75) is 33.1 Å². The van der Waals surface area contributed by atoms with Crippen LogP contribution in [0.3, 0.4) is 0 Å². The number of rotatable bonds is 7. The molecule has 0 unspecified atom stereocenters. The van der Waals surface area contributed by atoms with E-state index in [0.717, 1.165) is 43.5 Å². The van der Waals surface area contributed by atoms with Crippen molar-refractivity contribution >= 4 is 11.6 Å². The van der Waals surface area contributed by atoms with Crippen LogP contribution in [0.4, 0.5) is 0 Å². The molecule has 20 heavy (non-hydrogen) atoms. The minimum atomic E-state index is 0.543. The molecule has 2 rings (SSSR count). The van der Waals surface area contributed by atoms with Crippen LogP contribution in [0.25, 0.3) is 11.5 Å². The lowest BCUT2D eigenvalue weighted by atomic mass is 10.1. The number of hydrogen-bond acceptors (Lipinski definition) is 4. The van der Waals surface area contributed by atoms with Crippen molar-refractivity contribution in [3.63, 3.8) is 0 Å². The normalized spacial score (nSPS) is 10.9. The lowest BCUT2D eigenvalue weighted by Gasteiger charge is -2.01. The molecule has 0 saturated carbocycles. The fraction of sp³-hybridized carbons (Fsp3) is 0.467. The number of hydrogen-bond donors (Lipinski definition) is 1. The van der Waals surface area contributed by atoms with E-state index in [1.54, 1.807) is 0 Å². The van der Waals surface area contributed by atoms with Gasteiger partial charge in [-0.25, -0.2) is 0 Å². The number of benzene rings is 1. The van der Waals surface area contributed by atoms with Gasteiger partial charge in [-0.2, -0.15) is 0 Å². The van der Waals surface area contributed by atoms with Crippen molar-refractivity contribution in [2.24, 2.45) is 0 Å². The van der Waals surface area contributed by atoms with Crippen LogP contribution in [0.15, 0.2) is 22.6 Å². The first-order valence-corrected chi connectivity index (χ1v) is 7.38. The summed E-state index contributed by atoms with van der Waals surface area (Å²) in [5.41, 5.74) is 1.98. The Kier molecular flexibility index (Phi) is 5.56. The summed E-state index contributed by atoms with van der Waals surface area (Å²) in [4.78, 5) is 0. The number of halogens is 1. The summed E-state index contributed by atoms with van der Waals surface area (Å²) in [6.07, 6.45) is 2.94. The van der Waals surface area contributed by atoms with E-state index in [-0.39, 0.29) is 0 Å². The fourth-order valence-electron chi connectivity index (χ4n) is 1.95. The van der Waals surface area contributed by atoms with Crippen LogP contribution in [-0.4, -0.2) is 23.3 Å². The summed E-state index contributed by atoms with van der Waals surface area (Å²) in [6.45, 7) is 6.19. The molecule has 108 valence electrons. The first kappa shape index (κ1) is 15.0. The maximum absolute atomic E-state index is 6.01. The van der Waals surface area contributed by atoms with Gasteiger partial charge in [0.1, 0.15) is 0 Å². The summed E-state index contributed by atoms with van der Waals surface area (Å²) < 4.78 is 5.70. The van der Waals surface area contributed by atoms with Crippen LogP contribution in [-0.2, 0) is 6.42 Å². The smallest absolute Gasteiger partial charge is 0.248 e. The van der Waals surface area contributed by atoms with Gasteiger partial charge in [0.25, 0.3) is 0 Å². The molecule has 0 fully saturated rings. The quantitative estimate of drug-likeness (QED) is 0.792. The molecule has 0 atom stereocenters. The van der Waals surface area contributed by atoms with Crippen molar-refractivity contribution in [3.05, 3.63) is 34.7 Å². The van der Waals surface area contributed by atoms with Gasteiger partial charge in [-0.15, -0.1) is 10.2 Å². The van der Waals surface area contributed by atoms with Gasteiger partial charge in [-0.05, 0) is 50.6 Å². The lowest BCUT2D eigenvalue weighted by Crippen LogP contribution is -2.16. The van der Waals surface area contributed by atoms with Crippen LogP contribution < -0.4 is 5.32 Å². The zero-order valence-corrected chi connectivity index (χ0v) is 12.7. The van der Waals surface area contributed by atoms with Gasteiger partial charge in [0.05, 0.1) is 0 Å². The van der Waals surface area contributed by atoms with Crippen LogP contribution in [0.1, 0.15) is 31.2 Å². The number of aromatic nitrogens is 2. The van der Waals surface area contributed by atoms with Gasteiger partial charge in [0.2, 0.25) is 11.8 Å².